The van der Waals surface area contributed by atoms with E-state index in [1.165, 1.54) is 0 Å². The van der Waals surface area contributed by atoms with Gasteiger partial charge in [0.15, 0.2) is 0 Å². The monoisotopic (exact) mass is 254 g/mol. The van der Waals surface area contributed by atoms with Crippen molar-refractivity contribution in [1.82, 2.24) is 9.97 Å². The van der Waals surface area contributed by atoms with Crippen molar-refractivity contribution in [3.05, 3.63) is 11.9 Å². The first-order chi connectivity index (χ1) is 8.02. The molecule has 1 rings (SSSR count). The molecule has 0 aliphatic carbocycles. The Hall–Kier alpha value is -0.970. The summed E-state index contributed by atoms with van der Waals surface area (Å²) < 4.78 is 0. The minimum atomic E-state index is 0.294. The van der Waals surface area contributed by atoms with E-state index in [0.717, 1.165) is 23.9 Å². The van der Waals surface area contributed by atoms with Crippen molar-refractivity contribution >= 4 is 23.4 Å². The molecule has 0 aromatic carbocycles. The van der Waals surface area contributed by atoms with E-state index in [1.807, 2.05) is 11.8 Å². The lowest BCUT2D eigenvalue weighted by Gasteiger charge is -2.13. The van der Waals surface area contributed by atoms with Gasteiger partial charge in [-0.2, -0.15) is 11.8 Å². The molecule has 0 bridgehead atoms. The van der Waals surface area contributed by atoms with E-state index in [1.54, 1.807) is 6.07 Å². The van der Waals surface area contributed by atoms with Crippen molar-refractivity contribution in [3.8, 4) is 0 Å². The molecule has 0 fully saturated rings. The van der Waals surface area contributed by atoms with Gasteiger partial charge in [0.2, 0.25) is 0 Å². The summed E-state index contributed by atoms with van der Waals surface area (Å²) in [6.07, 6.45) is 2.12. The number of nitrogen functional groups attached to an aromatic ring is 1. The number of aromatic nitrogens is 2. The minimum absolute atomic E-state index is 0.294. The van der Waals surface area contributed by atoms with E-state index in [9.17, 15) is 0 Å². The summed E-state index contributed by atoms with van der Waals surface area (Å²) in [5.74, 6) is 4.21. The first kappa shape index (κ1) is 14.1. The highest BCUT2D eigenvalue weighted by atomic mass is 32.2. The van der Waals surface area contributed by atoms with Crippen LogP contribution in [0, 0.1) is 5.92 Å². The van der Waals surface area contributed by atoms with Gasteiger partial charge >= 0.3 is 0 Å². The van der Waals surface area contributed by atoms with Crippen molar-refractivity contribution in [3.63, 3.8) is 0 Å². The average molecular weight is 254 g/mol. The highest BCUT2D eigenvalue weighted by Gasteiger charge is 2.07. The zero-order chi connectivity index (χ0) is 12.8. The van der Waals surface area contributed by atoms with Crippen LogP contribution in [-0.2, 0) is 0 Å². The van der Waals surface area contributed by atoms with Gasteiger partial charge in [-0.25, -0.2) is 9.97 Å². The number of nitrogens with zero attached hydrogens (tertiary/aromatic N) is 2. The predicted octanol–water partition coefficient (Wildman–Crippen LogP) is 2.59. The Morgan fingerprint density at radius 3 is 2.65 bits per heavy atom. The molecule has 0 amide bonds. The van der Waals surface area contributed by atoms with E-state index in [4.69, 9.17) is 5.73 Å². The molecule has 0 saturated carbocycles. The zero-order valence-electron chi connectivity index (χ0n) is 11.0. The largest absolute Gasteiger partial charge is 0.384 e. The second kappa shape index (κ2) is 6.69. The zero-order valence-corrected chi connectivity index (χ0v) is 11.8. The number of rotatable bonds is 6. The van der Waals surface area contributed by atoms with Crippen LogP contribution in [0.3, 0.4) is 0 Å². The van der Waals surface area contributed by atoms with Crippen LogP contribution >= 0.6 is 11.8 Å². The van der Waals surface area contributed by atoms with E-state index in [0.29, 0.717) is 17.7 Å². The van der Waals surface area contributed by atoms with Crippen LogP contribution in [0.1, 0.15) is 32.5 Å². The fourth-order valence-corrected chi connectivity index (χ4v) is 2.14. The third-order valence-corrected chi connectivity index (χ3v) is 3.26. The molecule has 1 heterocycles. The molecule has 1 atom stereocenters. The third-order valence-electron chi connectivity index (χ3n) is 2.36. The summed E-state index contributed by atoms with van der Waals surface area (Å²) in [4.78, 5) is 8.68. The Balaban J connectivity index is 2.64. The molecule has 0 saturated heterocycles. The lowest BCUT2D eigenvalue weighted by molar-refractivity contribution is 0.696. The van der Waals surface area contributed by atoms with Crippen LogP contribution in [0.4, 0.5) is 11.6 Å². The second-order valence-corrected chi connectivity index (χ2v) is 5.54. The summed E-state index contributed by atoms with van der Waals surface area (Å²) in [5.41, 5.74) is 5.77. The van der Waals surface area contributed by atoms with Gasteiger partial charge in [0, 0.05) is 18.5 Å². The predicted molar refractivity (Wildman–Crippen MR) is 76.6 cm³/mol. The van der Waals surface area contributed by atoms with E-state index >= 15 is 0 Å². The number of thioether (sulfide) groups is 1. The molecule has 5 heteroatoms. The van der Waals surface area contributed by atoms with Gasteiger partial charge in [-0.15, -0.1) is 0 Å². The van der Waals surface area contributed by atoms with Crippen molar-refractivity contribution in [2.45, 2.75) is 26.7 Å². The molecule has 1 unspecified atom stereocenters. The Labute approximate surface area is 108 Å². The lowest BCUT2D eigenvalue weighted by Crippen LogP contribution is -2.15. The first-order valence-corrected chi connectivity index (χ1v) is 7.29. The molecule has 0 aliphatic rings. The van der Waals surface area contributed by atoms with Gasteiger partial charge < -0.3 is 11.1 Å². The first-order valence-electron chi connectivity index (χ1n) is 5.90. The minimum Gasteiger partial charge on any atom is -0.384 e. The Morgan fingerprint density at radius 2 is 2.06 bits per heavy atom. The topological polar surface area (TPSA) is 63.8 Å². The molecular weight excluding hydrogens is 232 g/mol. The number of anilines is 2. The van der Waals surface area contributed by atoms with Crippen LogP contribution in [0.2, 0.25) is 0 Å². The normalized spacial score (nSPS) is 12.8. The standard InChI is InChI=1S/C12H22N4S/c1-8(2)12-15-10(13)5-11(16-12)14-6-9(3)7-17-4/h5,8-9H,6-7H2,1-4H3,(H3,13,14,15,16). The lowest BCUT2D eigenvalue weighted by atomic mass is 10.2. The summed E-state index contributed by atoms with van der Waals surface area (Å²) in [6.45, 7) is 7.26. The summed E-state index contributed by atoms with van der Waals surface area (Å²) >= 11 is 1.86. The maximum absolute atomic E-state index is 5.77. The Bertz CT molecular complexity index is 354. The van der Waals surface area contributed by atoms with Gasteiger partial charge in [-0.1, -0.05) is 20.8 Å². The number of hydrogen-bond acceptors (Lipinski definition) is 5. The molecule has 0 radical (unpaired) electrons. The molecule has 0 spiro atoms. The highest BCUT2D eigenvalue weighted by molar-refractivity contribution is 7.98. The second-order valence-electron chi connectivity index (χ2n) is 4.63. The molecular formula is C12H22N4S. The fourth-order valence-electron chi connectivity index (χ4n) is 1.46. The van der Waals surface area contributed by atoms with Crippen LogP contribution in [-0.4, -0.2) is 28.5 Å². The maximum atomic E-state index is 5.77. The van der Waals surface area contributed by atoms with Crippen LogP contribution in [0.15, 0.2) is 6.07 Å². The average Bonchev–Trinajstić information content (AvgIpc) is 2.26. The van der Waals surface area contributed by atoms with E-state index < -0.39 is 0 Å². The molecule has 3 N–H and O–H groups in total. The fraction of sp³-hybridized carbons (Fsp3) is 0.667. The molecule has 1 aromatic heterocycles. The maximum Gasteiger partial charge on any atom is 0.135 e. The van der Waals surface area contributed by atoms with Gasteiger partial charge in [-0.05, 0) is 17.9 Å². The highest BCUT2D eigenvalue weighted by Crippen LogP contribution is 2.15. The number of hydrogen-bond donors (Lipinski definition) is 2. The molecule has 4 nitrogen and oxygen atoms in total. The van der Waals surface area contributed by atoms with Crippen molar-refractivity contribution in [2.75, 3.05) is 29.6 Å². The van der Waals surface area contributed by atoms with Crippen LogP contribution in [0.5, 0.6) is 0 Å². The van der Waals surface area contributed by atoms with Gasteiger partial charge in [-0.3, -0.25) is 0 Å². The van der Waals surface area contributed by atoms with Crippen molar-refractivity contribution < 1.29 is 0 Å². The molecule has 0 aliphatic heterocycles. The Kier molecular flexibility index (Phi) is 5.55. The van der Waals surface area contributed by atoms with Gasteiger partial charge in [0.05, 0.1) is 0 Å². The quantitative estimate of drug-likeness (QED) is 0.817. The van der Waals surface area contributed by atoms with Gasteiger partial charge in [0.1, 0.15) is 17.5 Å². The van der Waals surface area contributed by atoms with Crippen molar-refractivity contribution in [1.29, 1.82) is 0 Å². The molecule has 17 heavy (non-hydrogen) atoms. The van der Waals surface area contributed by atoms with Gasteiger partial charge in [0.25, 0.3) is 0 Å². The third kappa shape index (κ3) is 4.81. The number of nitrogens with two attached hydrogens (primary N) is 1. The van der Waals surface area contributed by atoms with E-state index in [-0.39, 0.29) is 0 Å². The summed E-state index contributed by atoms with van der Waals surface area (Å²) in [6, 6.07) is 1.79. The van der Waals surface area contributed by atoms with E-state index in [2.05, 4.69) is 42.3 Å². The van der Waals surface area contributed by atoms with Crippen molar-refractivity contribution in [2.24, 2.45) is 5.92 Å². The van der Waals surface area contributed by atoms with Crippen LogP contribution in [0.25, 0.3) is 0 Å². The van der Waals surface area contributed by atoms with Crippen LogP contribution < -0.4 is 11.1 Å². The molecule has 1 aromatic rings. The SMILES string of the molecule is CSCC(C)CNc1cc(N)nc(C(C)C)n1. The number of nitrogens with one attached hydrogen (secondary N) is 1. The summed E-state index contributed by atoms with van der Waals surface area (Å²) in [5, 5.41) is 3.32. The molecule has 96 valence electrons. The Morgan fingerprint density at radius 1 is 1.35 bits per heavy atom. The smallest absolute Gasteiger partial charge is 0.135 e. The summed E-state index contributed by atoms with van der Waals surface area (Å²) in [7, 11) is 0.